The second kappa shape index (κ2) is 6.75. The molecule has 0 saturated carbocycles. The van der Waals surface area contributed by atoms with Crippen LogP contribution in [0.15, 0.2) is 0 Å². The monoisotopic (exact) mass is 240 g/mol. The Morgan fingerprint density at radius 1 is 1.12 bits per heavy atom. The normalized spacial score (nSPS) is 22.9. The van der Waals surface area contributed by atoms with Gasteiger partial charge in [0.15, 0.2) is 0 Å². The minimum absolute atomic E-state index is 0.335. The molecule has 0 radical (unpaired) electrons. The second-order valence-corrected chi connectivity index (χ2v) is 5.75. The lowest BCUT2D eigenvalue weighted by molar-refractivity contribution is 0.0583. The molecular weight excluding hydrogens is 208 g/mol. The first-order valence-electron chi connectivity index (χ1n) is 7.56. The van der Waals surface area contributed by atoms with Crippen LogP contribution in [-0.4, -0.2) is 36.6 Å². The number of likely N-dealkylation sites (N-methyl/N-ethyl adjacent to an activating group) is 1. The maximum atomic E-state index is 3.63. The van der Waals surface area contributed by atoms with E-state index >= 15 is 0 Å². The van der Waals surface area contributed by atoms with Crippen molar-refractivity contribution in [2.75, 3.05) is 20.1 Å². The lowest BCUT2D eigenvalue weighted by Crippen LogP contribution is -2.60. The highest BCUT2D eigenvalue weighted by Gasteiger charge is 2.41. The number of likely N-dealkylation sites (tertiary alicyclic amines) is 1. The van der Waals surface area contributed by atoms with Crippen LogP contribution in [0.1, 0.15) is 59.8 Å². The fourth-order valence-electron chi connectivity index (χ4n) is 3.68. The van der Waals surface area contributed by atoms with Crippen LogP contribution in [0, 0.1) is 5.92 Å². The first-order chi connectivity index (χ1) is 8.13. The molecular formula is C15H32N2. The van der Waals surface area contributed by atoms with E-state index in [-0.39, 0.29) is 0 Å². The van der Waals surface area contributed by atoms with Crippen LogP contribution in [0.5, 0.6) is 0 Å². The van der Waals surface area contributed by atoms with Gasteiger partial charge in [-0.2, -0.15) is 0 Å². The number of nitrogens with one attached hydrogen (secondary N) is 1. The third kappa shape index (κ3) is 3.03. The van der Waals surface area contributed by atoms with Crippen LogP contribution in [0.2, 0.25) is 0 Å². The third-order valence-electron chi connectivity index (χ3n) is 5.05. The van der Waals surface area contributed by atoms with Crippen LogP contribution < -0.4 is 5.32 Å². The first kappa shape index (κ1) is 15.0. The topological polar surface area (TPSA) is 15.3 Å². The SMILES string of the molecule is CCC(CC)C(NC)C(C)(CC)N1CCCC1. The summed E-state index contributed by atoms with van der Waals surface area (Å²) in [5.41, 5.74) is 0.335. The molecule has 17 heavy (non-hydrogen) atoms. The Balaban J connectivity index is 2.86. The zero-order chi connectivity index (χ0) is 12.9. The van der Waals surface area contributed by atoms with Gasteiger partial charge in [-0.1, -0.05) is 33.6 Å². The highest BCUT2D eigenvalue weighted by molar-refractivity contribution is 4.99. The van der Waals surface area contributed by atoms with Gasteiger partial charge < -0.3 is 5.32 Å². The second-order valence-electron chi connectivity index (χ2n) is 5.75. The van der Waals surface area contributed by atoms with E-state index in [1.165, 1.54) is 45.2 Å². The Labute approximate surface area is 108 Å². The quantitative estimate of drug-likeness (QED) is 0.735. The average Bonchev–Trinajstić information content (AvgIpc) is 2.89. The minimum atomic E-state index is 0.335. The van der Waals surface area contributed by atoms with Crippen molar-refractivity contribution in [3.63, 3.8) is 0 Å². The van der Waals surface area contributed by atoms with Gasteiger partial charge in [-0.15, -0.1) is 0 Å². The van der Waals surface area contributed by atoms with E-state index in [2.05, 4.69) is 45.0 Å². The zero-order valence-corrected chi connectivity index (χ0v) is 12.6. The van der Waals surface area contributed by atoms with Crippen molar-refractivity contribution in [3.05, 3.63) is 0 Å². The molecule has 2 atom stereocenters. The Morgan fingerprint density at radius 2 is 1.65 bits per heavy atom. The van der Waals surface area contributed by atoms with Crippen molar-refractivity contribution in [2.45, 2.75) is 71.4 Å². The van der Waals surface area contributed by atoms with Gasteiger partial charge in [0.05, 0.1) is 0 Å². The molecule has 1 aliphatic rings. The van der Waals surface area contributed by atoms with Crippen LogP contribution in [-0.2, 0) is 0 Å². The summed E-state index contributed by atoms with van der Waals surface area (Å²) >= 11 is 0. The summed E-state index contributed by atoms with van der Waals surface area (Å²) in [6.07, 6.45) is 6.58. The van der Waals surface area contributed by atoms with Crippen molar-refractivity contribution < 1.29 is 0 Å². The molecule has 0 aromatic carbocycles. The summed E-state index contributed by atoms with van der Waals surface area (Å²) < 4.78 is 0. The fourth-order valence-corrected chi connectivity index (χ4v) is 3.68. The van der Waals surface area contributed by atoms with Gasteiger partial charge in [-0.25, -0.2) is 0 Å². The number of hydrogen-bond acceptors (Lipinski definition) is 2. The largest absolute Gasteiger partial charge is 0.315 e. The first-order valence-corrected chi connectivity index (χ1v) is 7.56. The molecule has 0 spiro atoms. The molecule has 1 fully saturated rings. The highest BCUT2D eigenvalue weighted by atomic mass is 15.2. The zero-order valence-electron chi connectivity index (χ0n) is 12.6. The van der Waals surface area contributed by atoms with E-state index in [1.807, 2.05) is 0 Å². The summed E-state index contributed by atoms with van der Waals surface area (Å²) in [5, 5.41) is 3.63. The number of nitrogens with zero attached hydrogens (tertiary/aromatic N) is 1. The molecule has 2 heteroatoms. The van der Waals surface area contributed by atoms with Crippen molar-refractivity contribution in [2.24, 2.45) is 5.92 Å². The molecule has 1 heterocycles. The van der Waals surface area contributed by atoms with E-state index in [0.717, 1.165) is 5.92 Å². The predicted molar refractivity (Wildman–Crippen MR) is 76.4 cm³/mol. The molecule has 0 bridgehead atoms. The van der Waals surface area contributed by atoms with E-state index in [9.17, 15) is 0 Å². The molecule has 2 unspecified atom stereocenters. The van der Waals surface area contributed by atoms with Gasteiger partial charge in [0.25, 0.3) is 0 Å². The molecule has 1 aliphatic heterocycles. The van der Waals surface area contributed by atoms with Crippen LogP contribution in [0.3, 0.4) is 0 Å². The molecule has 1 rings (SSSR count). The number of hydrogen-bond donors (Lipinski definition) is 1. The fraction of sp³-hybridized carbons (Fsp3) is 1.00. The molecule has 102 valence electrons. The predicted octanol–water partition coefficient (Wildman–Crippen LogP) is 3.28. The minimum Gasteiger partial charge on any atom is -0.315 e. The van der Waals surface area contributed by atoms with Crippen LogP contribution in [0.25, 0.3) is 0 Å². The summed E-state index contributed by atoms with van der Waals surface area (Å²) in [4.78, 5) is 2.73. The summed E-state index contributed by atoms with van der Waals surface area (Å²) in [5.74, 6) is 0.797. The number of rotatable bonds is 7. The Morgan fingerprint density at radius 3 is 2.00 bits per heavy atom. The van der Waals surface area contributed by atoms with Gasteiger partial charge in [-0.3, -0.25) is 4.90 Å². The molecule has 0 amide bonds. The van der Waals surface area contributed by atoms with Gasteiger partial charge >= 0.3 is 0 Å². The lowest BCUT2D eigenvalue weighted by Gasteiger charge is -2.47. The van der Waals surface area contributed by atoms with Crippen molar-refractivity contribution in [3.8, 4) is 0 Å². The summed E-state index contributed by atoms with van der Waals surface area (Å²) in [7, 11) is 2.15. The lowest BCUT2D eigenvalue weighted by atomic mass is 9.77. The third-order valence-corrected chi connectivity index (χ3v) is 5.05. The maximum Gasteiger partial charge on any atom is 0.0334 e. The maximum absolute atomic E-state index is 3.63. The van der Waals surface area contributed by atoms with Crippen molar-refractivity contribution in [1.82, 2.24) is 10.2 Å². The van der Waals surface area contributed by atoms with Crippen molar-refractivity contribution >= 4 is 0 Å². The van der Waals surface area contributed by atoms with E-state index in [4.69, 9.17) is 0 Å². The van der Waals surface area contributed by atoms with Gasteiger partial charge in [0.1, 0.15) is 0 Å². The molecule has 1 saturated heterocycles. The molecule has 0 aromatic heterocycles. The van der Waals surface area contributed by atoms with Gasteiger partial charge in [0, 0.05) is 11.6 Å². The van der Waals surface area contributed by atoms with E-state index < -0.39 is 0 Å². The van der Waals surface area contributed by atoms with Gasteiger partial charge in [0.2, 0.25) is 0 Å². The van der Waals surface area contributed by atoms with Crippen LogP contribution in [0.4, 0.5) is 0 Å². The molecule has 0 aromatic rings. The van der Waals surface area contributed by atoms with E-state index in [0.29, 0.717) is 11.6 Å². The smallest absolute Gasteiger partial charge is 0.0334 e. The van der Waals surface area contributed by atoms with Gasteiger partial charge in [-0.05, 0) is 52.2 Å². The molecule has 0 aliphatic carbocycles. The van der Waals surface area contributed by atoms with Crippen LogP contribution >= 0.6 is 0 Å². The summed E-state index contributed by atoms with van der Waals surface area (Å²) in [6.45, 7) is 12.1. The Hall–Kier alpha value is -0.0800. The highest BCUT2D eigenvalue weighted by Crippen LogP contribution is 2.33. The molecule has 1 N–H and O–H groups in total. The van der Waals surface area contributed by atoms with Crippen molar-refractivity contribution in [1.29, 1.82) is 0 Å². The Kier molecular flexibility index (Phi) is 5.94. The summed E-state index contributed by atoms with van der Waals surface area (Å²) in [6, 6.07) is 0.626. The standard InChI is InChI=1S/C15H32N2/c1-6-13(7-2)14(16-5)15(4,8-3)17-11-9-10-12-17/h13-14,16H,6-12H2,1-5H3. The Bertz CT molecular complexity index is 207. The average molecular weight is 240 g/mol. The molecule has 2 nitrogen and oxygen atoms in total. The van der Waals surface area contributed by atoms with E-state index in [1.54, 1.807) is 0 Å².